The number of hydrogen-bond acceptors (Lipinski definition) is 5. The standard InChI is InChI=1S/C19H25FN4O2/c1-21-12-14-4-3-11-24(13-14)18(25)6-2-5-17-22-19(23-26-17)15-7-9-16(20)10-8-15/h7-10,14,21H,2-6,11-13H2,1H3. The van der Waals surface area contributed by atoms with Crippen molar-refractivity contribution in [2.45, 2.75) is 32.1 Å². The first-order valence-electron chi connectivity index (χ1n) is 9.16. The zero-order valence-corrected chi connectivity index (χ0v) is 15.1. The lowest BCUT2D eigenvalue weighted by Crippen LogP contribution is -2.42. The lowest BCUT2D eigenvalue weighted by Gasteiger charge is -2.32. The van der Waals surface area contributed by atoms with Gasteiger partial charge in [-0.25, -0.2) is 4.39 Å². The van der Waals surface area contributed by atoms with Crippen LogP contribution in [0.1, 0.15) is 31.6 Å². The number of rotatable bonds is 7. The molecular formula is C19H25FN4O2. The monoisotopic (exact) mass is 360 g/mol. The highest BCUT2D eigenvalue weighted by atomic mass is 19.1. The second-order valence-electron chi connectivity index (χ2n) is 6.78. The SMILES string of the molecule is CNCC1CCCN(C(=O)CCCc2nc(-c3ccc(F)cc3)no2)C1. The van der Waals surface area contributed by atoms with Crippen LogP contribution in [-0.2, 0) is 11.2 Å². The van der Waals surface area contributed by atoms with E-state index in [4.69, 9.17) is 4.52 Å². The minimum atomic E-state index is -0.300. The van der Waals surface area contributed by atoms with E-state index in [0.29, 0.717) is 42.5 Å². The maximum atomic E-state index is 13.0. The topological polar surface area (TPSA) is 71.3 Å². The molecule has 0 spiro atoms. The van der Waals surface area contributed by atoms with Crippen LogP contribution in [-0.4, -0.2) is 47.6 Å². The van der Waals surface area contributed by atoms with E-state index < -0.39 is 0 Å². The first-order chi connectivity index (χ1) is 12.7. The predicted molar refractivity (Wildman–Crippen MR) is 95.9 cm³/mol. The number of hydrogen-bond donors (Lipinski definition) is 1. The summed E-state index contributed by atoms with van der Waals surface area (Å²) >= 11 is 0. The summed E-state index contributed by atoms with van der Waals surface area (Å²) in [6.07, 6.45) is 3.98. The third kappa shape index (κ3) is 4.88. The van der Waals surface area contributed by atoms with Crippen molar-refractivity contribution < 1.29 is 13.7 Å². The number of benzene rings is 1. The normalized spacial score (nSPS) is 17.5. The largest absolute Gasteiger partial charge is 0.342 e. The Kier molecular flexibility index (Phi) is 6.33. The van der Waals surface area contributed by atoms with Gasteiger partial charge < -0.3 is 14.7 Å². The zero-order valence-electron chi connectivity index (χ0n) is 15.1. The van der Waals surface area contributed by atoms with E-state index in [1.165, 1.54) is 18.6 Å². The van der Waals surface area contributed by atoms with E-state index in [2.05, 4.69) is 15.5 Å². The van der Waals surface area contributed by atoms with Crippen LogP contribution in [0.3, 0.4) is 0 Å². The highest BCUT2D eigenvalue weighted by Gasteiger charge is 2.22. The Morgan fingerprint density at radius 1 is 1.38 bits per heavy atom. The minimum Gasteiger partial charge on any atom is -0.342 e. The number of carbonyl (C=O) groups is 1. The van der Waals surface area contributed by atoms with Gasteiger partial charge in [0, 0.05) is 31.5 Å². The fourth-order valence-corrected chi connectivity index (χ4v) is 3.37. The van der Waals surface area contributed by atoms with Gasteiger partial charge in [-0.05, 0) is 63.0 Å². The molecule has 0 bridgehead atoms. The predicted octanol–water partition coefficient (Wildman–Crippen LogP) is 2.66. The molecule has 1 aromatic heterocycles. The van der Waals surface area contributed by atoms with Gasteiger partial charge >= 0.3 is 0 Å². The van der Waals surface area contributed by atoms with Crippen LogP contribution in [0, 0.1) is 11.7 Å². The first kappa shape index (κ1) is 18.5. The Balaban J connectivity index is 1.46. The average Bonchev–Trinajstić information content (AvgIpc) is 3.12. The molecule has 1 amide bonds. The summed E-state index contributed by atoms with van der Waals surface area (Å²) in [5, 5.41) is 7.12. The Morgan fingerprint density at radius 3 is 2.96 bits per heavy atom. The first-order valence-corrected chi connectivity index (χ1v) is 9.16. The van der Waals surface area contributed by atoms with E-state index in [-0.39, 0.29) is 11.7 Å². The molecular weight excluding hydrogens is 335 g/mol. The summed E-state index contributed by atoms with van der Waals surface area (Å²) in [4.78, 5) is 18.7. The van der Waals surface area contributed by atoms with E-state index in [0.717, 1.165) is 26.1 Å². The molecule has 140 valence electrons. The number of amides is 1. The van der Waals surface area contributed by atoms with E-state index in [9.17, 15) is 9.18 Å². The third-order valence-electron chi connectivity index (χ3n) is 4.72. The number of carbonyl (C=O) groups excluding carboxylic acids is 1. The van der Waals surface area contributed by atoms with E-state index >= 15 is 0 Å². The molecule has 2 heterocycles. The number of piperidine rings is 1. The van der Waals surface area contributed by atoms with Crippen LogP contribution in [0.2, 0.25) is 0 Å². The van der Waals surface area contributed by atoms with E-state index in [1.807, 2.05) is 11.9 Å². The second kappa shape index (κ2) is 8.89. The summed E-state index contributed by atoms with van der Waals surface area (Å²) in [5.41, 5.74) is 0.710. The molecule has 1 aliphatic heterocycles. The molecule has 1 saturated heterocycles. The molecule has 1 aromatic carbocycles. The van der Waals surface area contributed by atoms with Gasteiger partial charge in [-0.3, -0.25) is 4.79 Å². The number of aryl methyl sites for hydroxylation is 1. The molecule has 0 saturated carbocycles. The van der Waals surface area contributed by atoms with Gasteiger partial charge in [0.15, 0.2) is 0 Å². The number of likely N-dealkylation sites (tertiary alicyclic amines) is 1. The van der Waals surface area contributed by atoms with Gasteiger partial charge in [0.1, 0.15) is 5.82 Å². The summed E-state index contributed by atoms with van der Waals surface area (Å²) in [5.74, 6) is 1.39. The van der Waals surface area contributed by atoms with Crippen LogP contribution in [0.25, 0.3) is 11.4 Å². The molecule has 1 unspecified atom stereocenters. The number of aromatic nitrogens is 2. The Hall–Kier alpha value is -2.28. The van der Waals surface area contributed by atoms with Gasteiger partial charge in [0.2, 0.25) is 17.6 Å². The smallest absolute Gasteiger partial charge is 0.226 e. The molecule has 0 aliphatic carbocycles. The van der Waals surface area contributed by atoms with Gasteiger partial charge in [-0.1, -0.05) is 5.16 Å². The molecule has 1 N–H and O–H groups in total. The molecule has 1 atom stereocenters. The Morgan fingerprint density at radius 2 is 2.19 bits per heavy atom. The molecule has 6 nitrogen and oxygen atoms in total. The molecule has 26 heavy (non-hydrogen) atoms. The summed E-state index contributed by atoms with van der Waals surface area (Å²) in [7, 11) is 1.95. The fourth-order valence-electron chi connectivity index (χ4n) is 3.37. The Labute approximate surface area is 152 Å². The van der Waals surface area contributed by atoms with Crippen LogP contribution >= 0.6 is 0 Å². The van der Waals surface area contributed by atoms with Gasteiger partial charge in [0.25, 0.3) is 0 Å². The lowest BCUT2D eigenvalue weighted by atomic mass is 9.97. The van der Waals surface area contributed by atoms with Gasteiger partial charge in [-0.15, -0.1) is 0 Å². The molecule has 0 radical (unpaired) electrons. The van der Waals surface area contributed by atoms with Crippen molar-refractivity contribution in [1.29, 1.82) is 0 Å². The van der Waals surface area contributed by atoms with Crippen molar-refractivity contribution in [3.05, 3.63) is 36.0 Å². The van der Waals surface area contributed by atoms with Crippen LogP contribution in [0.15, 0.2) is 28.8 Å². The number of halogens is 1. The highest BCUT2D eigenvalue weighted by molar-refractivity contribution is 5.76. The maximum Gasteiger partial charge on any atom is 0.226 e. The molecule has 2 aromatic rings. The van der Waals surface area contributed by atoms with Gasteiger partial charge in [-0.2, -0.15) is 4.98 Å². The molecule has 1 fully saturated rings. The van der Waals surface area contributed by atoms with Crippen molar-refractivity contribution in [1.82, 2.24) is 20.4 Å². The molecule has 7 heteroatoms. The fraction of sp³-hybridized carbons (Fsp3) is 0.526. The number of nitrogens with one attached hydrogen (secondary N) is 1. The van der Waals surface area contributed by atoms with Crippen LogP contribution in [0.4, 0.5) is 4.39 Å². The average molecular weight is 360 g/mol. The minimum absolute atomic E-state index is 0.198. The lowest BCUT2D eigenvalue weighted by molar-refractivity contribution is -0.133. The van der Waals surface area contributed by atoms with Crippen LogP contribution < -0.4 is 5.32 Å². The quantitative estimate of drug-likeness (QED) is 0.822. The molecule has 3 rings (SSSR count). The summed E-state index contributed by atoms with van der Waals surface area (Å²) in [6, 6.07) is 5.96. The van der Waals surface area contributed by atoms with Crippen molar-refractivity contribution >= 4 is 5.91 Å². The number of nitrogens with zero attached hydrogens (tertiary/aromatic N) is 3. The maximum absolute atomic E-state index is 13.0. The zero-order chi connectivity index (χ0) is 18.4. The second-order valence-corrected chi connectivity index (χ2v) is 6.78. The Bertz CT molecular complexity index is 715. The highest BCUT2D eigenvalue weighted by Crippen LogP contribution is 2.19. The van der Waals surface area contributed by atoms with Crippen molar-refractivity contribution in [2.24, 2.45) is 5.92 Å². The molecule has 1 aliphatic rings. The summed E-state index contributed by atoms with van der Waals surface area (Å²) in [6.45, 7) is 2.65. The third-order valence-corrected chi connectivity index (χ3v) is 4.72. The van der Waals surface area contributed by atoms with Crippen LogP contribution in [0.5, 0.6) is 0 Å². The summed E-state index contributed by atoms with van der Waals surface area (Å²) < 4.78 is 18.2. The van der Waals surface area contributed by atoms with Crippen molar-refractivity contribution in [3.8, 4) is 11.4 Å². The van der Waals surface area contributed by atoms with Crippen molar-refractivity contribution in [2.75, 3.05) is 26.7 Å². The van der Waals surface area contributed by atoms with E-state index in [1.54, 1.807) is 12.1 Å². The van der Waals surface area contributed by atoms with Gasteiger partial charge in [0.05, 0.1) is 0 Å². The van der Waals surface area contributed by atoms with Crippen molar-refractivity contribution in [3.63, 3.8) is 0 Å².